The summed E-state index contributed by atoms with van der Waals surface area (Å²) < 4.78 is 10.7. The van der Waals surface area contributed by atoms with Gasteiger partial charge in [0.05, 0.1) is 24.9 Å². The summed E-state index contributed by atoms with van der Waals surface area (Å²) in [6, 6.07) is 17.0. The minimum atomic E-state index is -0.197. The van der Waals surface area contributed by atoms with E-state index in [2.05, 4.69) is 4.99 Å². The van der Waals surface area contributed by atoms with E-state index in [0.717, 1.165) is 16.2 Å². The predicted molar refractivity (Wildman–Crippen MR) is 130 cm³/mol. The topological polar surface area (TPSA) is 51.1 Å². The lowest BCUT2D eigenvalue weighted by Crippen LogP contribution is -2.30. The number of amides is 1. The van der Waals surface area contributed by atoms with Crippen molar-refractivity contribution in [2.24, 2.45) is 4.99 Å². The zero-order chi connectivity index (χ0) is 21.8. The van der Waals surface area contributed by atoms with E-state index in [9.17, 15) is 4.79 Å². The van der Waals surface area contributed by atoms with Gasteiger partial charge in [-0.25, -0.2) is 4.99 Å². The molecule has 1 amide bonds. The van der Waals surface area contributed by atoms with Gasteiger partial charge in [0.2, 0.25) is 0 Å². The molecule has 2 aromatic carbocycles. The zero-order valence-corrected chi connectivity index (χ0v) is 19.3. The van der Waals surface area contributed by atoms with Crippen molar-refractivity contribution in [1.82, 2.24) is 0 Å². The number of methoxy groups -OCH3 is 2. The molecular weight excluding hydrogens is 452 g/mol. The second-order valence-corrected chi connectivity index (χ2v) is 8.83. The Hall–Kier alpha value is -2.74. The van der Waals surface area contributed by atoms with Crippen LogP contribution in [0.5, 0.6) is 11.5 Å². The largest absolute Gasteiger partial charge is 0.496 e. The average molecular weight is 471 g/mol. The molecular formula is C23H19ClN2O3S2. The van der Waals surface area contributed by atoms with Gasteiger partial charge in [-0.05, 0) is 41.8 Å². The molecule has 158 valence electrons. The van der Waals surface area contributed by atoms with E-state index in [4.69, 9.17) is 21.1 Å². The maximum Gasteiger partial charge on any atom is 0.283 e. The SMILES string of the molecule is COc1ccc(N2C(=O)/C(=C\c3cccs3)N=C2SCc2ccccc2OC)cc1Cl. The van der Waals surface area contributed by atoms with Gasteiger partial charge in [0.1, 0.15) is 17.2 Å². The lowest BCUT2D eigenvalue weighted by Gasteiger charge is -2.19. The molecule has 0 aliphatic carbocycles. The van der Waals surface area contributed by atoms with Gasteiger partial charge < -0.3 is 9.47 Å². The van der Waals surface area contributed by atoms with Crippen molar-refractivity contribution >= 4 is 57.5 Å². The number of aliphatic imine (C=N–C) groups is 1. The third kappa shape index (κ3) is 4.63. The van der Waals surface area contributed by atoms with Crippen LogP contribution in [-0.4, -0.2) is 25.3 Å². The van der Waals surface area contributed by atoms with Crippen LogP contribution in [-0.2, 0) is 10.5 Å². The normalized spacial score (nSPS) is 14.8. The van der Waals surface area contributed by atoms with Crippen molar-refractivity contribution in [2.45, 2.75) is 5.75 Å². The third-order valence-electron chi connectivity index (χ3n) is 4.59. The summed E-state index contributed by atoms with van der Waals surface area (Å²) in [4.78, 5) is 20.5. The van der Waals surface area contributed by atoms with Crippen molar-refractivity contribution in [2.75, 3.05) is 19.1 Å². The smallest absolute Gasteiger partial charge is 0.283 e. The van der Waals surface area contributed by atoms with Crippen LogP contribution in [0.4, 0.5) is 5.69 Å². The standard InChI is InChI=1S/C23H19ClN2O3S2/c1-28-20-8-4-3-6-15(20)14-31-23-25-19(13-17-7-5-11-30-17)22(27)26(23)16-9-10-21(29-2)18(24)12-16/h3-13H,14H2,1-2H3/b19-13+. The Morgan fingerprint density at radius 2 is 1.90 bits per heavy atom. The summed E-state index contributed by atoms with van der Waals surface area (Å²) in [6.07, 6.45) is 1.81. The van der Waals surface area contributed by atoms with Crippen LogP contribution < -0.4 is 14.4 Å². The molecule has 0 bridgehead atoms. The number of carbonyl (C=O) groups is 1. The molecule has 2 heterocycles. The molecule has 4 rings (SSSR count). The number of nitrogens with zero attached hydrogens (tertiary/aromatic N) is 2. The lowest BCUT2D eigenvalue weighted by molar-refractivity contribution is -0.113. The van der Waals surface area contributed by atoms with Crippen LogP contribution in [0.15, 0.2) is 70.7 Å². The first kappa shape index (κ1) is 21.5. The second kappa shape index (κ2) is 9.60. The molecule has 0 N–H and O–H groups in total. The molecule has 5 nitrogen and oxygen atoms in total. The molecule has 0 unspecified atom stereocenters. The van der Waals surface area contributed by atoms with E-state index >= 15 is 0 Å². The number of anilines is 1. The molecule has 0 fully saturated rings. The Labute approximate surface area is 194 Å². The molecule has 0 radical (unpaired) electrons. The third-order valence-corrected chi connectivity index (χ3v) is 6.70. The Morgan fingerprint density at radius 1 is 1.10 bits per heavy atom. The monoisotopic (exact) mass is 470 g/mol. The average Bonchev–Trinajstić information content (AvgIpc) is 3.40. The van der Waals surface area contributed by atoms with Gasteiger partial charge in [-0.1, -0.05) is 47.6 Å². The highest BCUT2D eigenvalue weighted by atomic mass is 35.5. The minimum Gasteiger partial charge on any atom is -0.496 e. The van der Waals surface area contributed by atoms with Crippen molar-refractivity contribution in [3.63, 3.8) is 0 Å². The Bertz CT molecular complexity index is 1160. The summed E-state index contributed by atoms with van der Waals surface area (Å²) in [6.45, 7) is 0. The van der Waals surface area contributed by atoms with E-state index in [0.29, 0.717) is 33.1 Å². The number of amidine groups is 1. The lowest BCUT2D eigenvalue weighted by atomic mass is 10.2. The first-order valence-electron chi connectivity index (χ1n) is 9.37. The number of carbonyl (C=O) groups excluding carboxylic acids is 1. The van der Waals surface area contributed by atoms with E-state index in [1.54, 1.807) is 48.7 Å². The number of ether oxygens (including phenoxy) is 2. The van der Waals surface area contributed by atoms with Gasteiger partial charge in [0.25, 0.3) is 5.91 Å². The second-order valence-electron chi connectivity index (χ2n) is 6.50. The fraction of sp³-hybridized carbons (Fsp3) is 0.130. The van der Waals surface area contributed by atoms with Crippen molar-refractivity contribution < 1.29 is 14.3 Å². The minimum absolute atomic E-state index is 0.197. The number of thioether (sulfide) groups is 1. The van der Waals surface area contributed by atoms with Crippen LogP contribution in [0, 0.1) is 0 Å². The molecule has 1 aromatic heterocycles. The van der Waals surface area contributed by atoms with E-state index in [-0.39, 0.29) is 5.91 Å². The van der Waals surface area contributed by atoms with Gasteiger partial charge in [0, 0.05) is 16.2 Å². The van der Waals surface area contributed by atoms with Crippen LogP contribution in [0.2, 0.25) is 5.02 Å². The first-order chi connectivity index (χ1) is 15.1. The number of halogens is 1. The summed E-state index contributed by atoms with van der Waals surface area (Å²) in [5, 5.41) is 2.98. The number of rotatable bonds is 6. The van der Waals surface area contributed by atoms with Crippen LogP contribution >= 0.6 is 34.7 Å². The van der Waals surface area contributed by atoms with Crippen molar-refractivity contribution in [3.05, 3.63) is 81.1 Å². The Balaban J connectivity index is 1.68. The van der Waals surface area contributed by atoms with E-state index in [1.165, 1.54) is 11.8 Å². The zero-order valence-electron chi connectivity index (χ0n) is 16.9. The van der Waals surface area contributed by atoms with Gasteiger partial charge >= 0.3 is 0 Å². The highest BCUT2D eigenvalue weighted by Crippen LogP contribution is 2.36. The number of thiophene rings is 1. The van der Waals surface area contributed by atoms with Gasteiger partial charge in [-0.15, -0.1) is 11.3 Å². The van der Waals surface area contributed by atoms with Gasteiger partial charge in [0.15, 0.2) is 5.17 Å². The predicted octanol–water partition coefficient (Wildman–Crippen LogP) is 6.10. The molecule has 1 aliphatic rings. The number of para-hydroxylation sites is 1. The first-order valence-corrected chi connectivity index (χ1v) is 11.6. The maximum absolute atomic E-state index is 13.3. The number of benzene rings is 2. The van der Waals surface area contributed by atoms with Gasteiger partial charge in [-0.3, -0.25) is 9.69 Å². The summed E-state index contributed by atoms with van der Waals surface area (Å²) in [7, 11) is 3.20. The van der Waals surface area contributed by atoms with E-state index in [1.807, 2.05) is 47.9 Å². The molecule has 31 heavy (non-hydrogen) atoms. The van der Waals surface area contributed by atoms with Crippen LogP contribution in [0.1, 0.15) is 10.4 Å². The van der Waals surface area contributed by atoms with E-state index < -0.39 is 0 Å². The number of hydrogen-bond acceptors (Lipinski definition) is 6. The molecule has 3 aromatic rings. The quantitative estimate of drug-likeness (QED) is 0.409. The van der Waals surface area contributed by atoms with Crippen molar-refractivity contribution in [3.8, 4) is 11.5 Å². The van der Waals surface area contributed by atoms with Crippen LogP contribution in [0.25, 0.3) is 6.08 Å². The Kier molecular flexibility index (Phi) is 6.65. The number of hydrogen-bond donors (Lipinski definition) is 0. The fourth-order valence-corrected chi connectivity index (χ4v) is 4.99. The van der Waals surface area contributed by atoms with Crippen LogP contribution in [0.3, 0.4) is 0 Å². The highest BCUT2D eigenvalue weighted by Gasteiger charge is 2.32. The fourth-order valence-electron chi connectivity index (χ4n) is 3.09. The Morgan fingerprint density at radius 3 is 2.61 bits per heavy atom. The maximum atomic E-state index is 13.3. The highest BCUT2D eigenvalue weighted by molar-refractivity contribution is 8.13. The summed E-state index contributed by atoms with van der Waals surface area (Å²) in [5.41, 5.74) is 2.04. The molecule has 1 aliphatic heterocycles. The molecule has 0 spiro atoms. The molecule has 0 atom stereocenters. The summed E-state index contributed by atoms with van der Waals surface area (Å²) in [5.74, 6) is 1.75. The van der Waals surface area contributed by atoms with Crippen molar-refractivity contribution in [1.29, 1.82) is 0 Å². The van der Waals surface area contributed by atoms with Gasteiger partial charge in [-0.2, -0.15) is 0 Å². The molecule has 0 saturated heterocycles. The molecule has 0 saturated carbocycles. The molecule has 8 heteroatoms. The summed E-state index contributed by atoms with van der Waals surface area (Å²) >= 11 is 9.35.